The van der Waals surface area contributed by atoms with Gasteiger partial charge in [-0.3, -0.25) is 19.8 Å². The third kappa shape index (κ3) is 9.27. The standard InChI is InChI=1S/C38H40N6O10/c1-24(2)20-30(53-36(39)49)33(47)43-54-35(48)38(31(45)34-41-29(23-51-34)32(46)40-21-25-12-6-3-7-13-25)28(27-16-10-5-11-17-27)18-19-44(38)42-37(50)52-22-26-14-8-4-9-15-26/h3-17,23-24,28,30H,18-22H2,1-2H3,(H2,39,49)(H,40,46)(H,42,50)(H,43,47). The molecule has 3 unspecified atom stereocenters. The number of hydroxylamine groups is 1. The zero-order valence-corrected chi connectivity index (χ0v) is 29.6. The smallest absolute Gasteiger partial charge is 0.422 e. The van der Waals surface area contributed by atoms with Gasteiger partial charge in [0.25, 0.3) is 23.5 Å². The van der Waals surface area contributed by atoms with Crippen molar-refractivity contribution in [2.75, 3.05) is 6.54 Å². The van der Waals surface area contributed by atoms with Crippen LogP contribution >= 0.6 is 0 Å². The normalized spacial score (nSPS) is 17.2. The lowest BCUT2D eigenvalue weighted by Gasteiger charge is -2.37. The molecule has 54 heavy (non-hydrogen) atoms. The highest BCUT2D eigenvalue weighted by molar-refractivity contribution is 6.16. The van der Waals surface area contributed by atoms with Crippen LogP contribution in [0.4, 0.5) is 9.59 Å². The number of nitrogens with one attached hydrogen (secondary N) is 3. The fourth-order valence-electron chi connectivity index (χ4n) is 6.09. The third-order valence-electron chi connectivity index (χ3n) is 8.58. The van der Waals surface area contributed by atoms with Gasteiger partial charge < -0.3 is 29.8 Å². The molecule has 0 radical (unpaired) electrons. The van der Waals surface area contributed by atoms with Crippen molar-refractivity contribution < 1.29 is 47.5 Å². The minimum atomic E-state index is -2.50. The number of nitrogens with zero attached hydrogens (tertiary/aromatic N) is 2. The van der Waals surface area contributed by atoms with E-state index in [1.54, 1.807) is 74.5 Å². The molecule has 0 bridgehead atoms. The summed E-state index contributed by atoms with van der Waals surface area (Å²) in [5.41, 5.74) is 8.87. The number of carbonyl (C=O) groups excluding carboxylic acids is 6. The quantitative estimate of drug-likeness (QED) is 0.0625. The molecule has 1 aliphatic rings. The average molecular weight is 741 g/mol. The molecule has 1 fully saturated rings. The predicted octanol–water partition coefficient (Wildman–Crippen LogP) is 3.94. The van der Waals surface area contributed by atoms with Crippen molar-refractivity contribution in [1.82, 2.24) is 26.2 Å². The van der Waals surface area contributed by atoms with Crippen LogP contribution in [0.2, 0.25) is 0 Å². The second-order valence-corrected chi connectivity index (χ2v) is 12.8. The van der Waals surface area contributed by atoms with Crippen LogP contribution in [0.5, 0.6) is 0 Å². The van der Waals surface area contributed by atoms with Crippen molar-refractivity contribution in [3.63, 3.8) is 0 Å². The van der Waals surface area contributed by atoms with Crippen molar-refractivity contribution >= 4 is 35.8 Å². The second kappa shape index (κ2) is 17.8. The Morgan fingerprint density at radius 2 is 1.56 bits per heavy atom. The molecule has 5 rings (SSSR count). The Morgan fingerprint density at radius 1 is 0.926 bits per heavy atom. The zero-order chi connectivity index (χ0) is 38.7. The SMILES string of the molecule is CC(C)CC(OC(N)=O)C(=O)NOC(=O)C1(C(=O)c2nc(C(=O)NCc3ccccc3)co2)C(c2ccccc2)CCN1NC(=O)OCc1ccccc1. The van der Waals surface area contributed by atoms with Gasteiger partial charge in [-0.2, -0.15) is 10.5 Å². The number of rotatable bonds is 14. The van der Waals surface area contributed by atoms with E-state index in [4.69, 9.17) is 24.5 Å². The van der Waals surface area contributed by atoms with Crippen LogP contribution in [0.3, 0.4) is 0 Å². The molecule has 16 heteroatoms. The first-order valence-electron chi connectivity index (χ1n) is 17.1. The van der Waals surface area contributed by atoms with Crippen LogP contribution in [-0.4, -0.2) is 63.9 Å². The Morgan fingerprint density at radius 3 is 2.19 bits per heavy atom. The van der Waals surface area contributed by atoms with Gasteiger partial charge in [0.1, 0.15) is 12.9 Å². The molecule has 282 valence electrons. The first kappa shape index (κ1) is 38.7. The molecule has 4 aromatic rings. The Bertz CT molecular complexity index is 1940. The molecule has 0 aliphatic carbocycles. The van der Waals surface area contributed by atoms with Gasteiger partial charge in [-0.05, 0) is 35.4 Å². The summed E-state index contributed by atoms with van der Waals surface area (Å²) in [6.07, 6.45) is -2.60. The predicted molar refractivity (Wildman–Crippen MR) is 190 cm³/mol. The van der Waals surface area contributed by atoms with Crippen molar-refractivity contribution in [3.8, 4) is 0 Å². The van der Waals surface area contributed by atoms with Gasteiger partial charge in [-0.25, -0.2) is 19.4 Å². The molecule has 3 aromatic carbocycles. The van der Waals surface area contributed by atoms with Gasteiger partial charge in [0.2, 0.25) is 5.54 Å². The lowest BCUT2D eigenvalue weighted by atomic mass is 9.77. The van der Waals surface area contributed by atoms with Gasteiger partial charge in [0.05, 0.1) is 0 Å². The number of nitrogens with two attached hydrogens (primary N) is 1. The van der Waals surface area contributed by atoms with E-state index in [9.17, 15) is 28.8 Å². The van der Waals surface area contributed by atoms with Gasteiger partial charge >= 0.3 is 18.2 Å². The maximum atomic E-state index is 14.8. The van der Waals surface area contributed by atoms with Crippen LogP contribution in [0.15, 0.2) is 102 Å². The maximum Gasteiger partial charge on any atom is 0.422 e. The first-order chi connectivity index (χ1) is 26.0. The summed E-state index contributed by atoms with van der Waals surface area (Å²) in [6, 6.07) is 26.4. The topological polar surface area (TPSA) is 221 Å². The Balaban J connectivity index is 1.50. The van der Waals surface area contributed by atoms with Crippen LogP contribution in [0.25, 0.3) is 0 Å². The van der Waals surface area contributed by atoms with E-state index in [1.807, 2.05) is 35.8 Å². The minimum Gasteiger partial charge on any atom is -0.444 e. The molecule has 5 N–H and O–H groups in total. The van der Waals surface area contributed by atoms with Crippen molar-refractivity contribution in [1.29, 1.82) is 0 Å². The average Bonchev–Trinajstić information content (AvgIpc) is 3.82. The fourth-order valence-corrected chi connectivity index (χ4v) is 6.09. The summed E-state index contributed by atoms with van der Waals surface area (Å²) in [5, 5.41) is 3.74. The Labute approximate surface area is 310 Å². The Kier molecular flexibility index (Phi) is 12.7. The number of hydrogen-bond donors (Lipinski definition) is 4. The molecule has 0 spiro atoms. The molecule has 0 saturated carbocycles. The molecule has 1 aromatic heterocycles. The van der Waals surface area contributed by atoms with E-state index in [2.05, 4.69) is 15.7 Å². The highest BCUT2D eigenvalue weighted by Gasteiger charge is 2.64. The summed E-state index contributed by atoms with van der Waals surface area (Å²) in [5.74, 6) is -6.01. The third-order valence-corrected chi connectivity index (χ3v) is 8.58. The van der Waals surface area contributed by atoms with Crippen molar-refractivity contribution in [2.24, 2.45) is 11.7 Å². The van der Waals surface area contributed by atoms with E-state index in [0.29, 0.717) is 11.1 Å². The largest absolute Gasteiger partial charge is 0.444 e. The Hall–Kier alpha value is -6.55. The van der Waals surface area contributed by atoms with E-state index in [1.165, 1.54) is 0 Å². The lowest BCUT2D eigenvalue weighted by molar-refractivity contribution is -0.170. The number of benzene rings is 3. The summed E-state index contributed by atoms with van der Waals surface area (Å²) in [4.78, 5) is 89.9. The molecule has 3 atom stereocenters. The fraction of sp³-hybridized carbons (Fsp3) is 0.289. The monoisotopic (exact) mass is 740 g/mol. The minimum absolute atomic E-state index is 0.0232. The summed E-state index contributed by atoms with van der Waals surface area (Å²) < 4.78 is 15.9. The van der Waals surface area contributed by atoms with Gasteiger partial charge in [-0.15, -0.1) is 0 Å². The molecular weight excluding hydrogens is 700 g/mol. The summed E-state index contributed by atoms with van der Waals surface area (Å²) >= 11 is 0. The number of Topliss-reactive ketones (excluding diaryl/α,β-unsaturated/α-hetero) is 1. The maximum absolute atomic E-state index is 14.8. The second-order valence-electron chi connectivity index (χ2n) is 12.8. The van der Waals surface area contributed by atoms with Crippen LogP contribution < -0.4 is 22.0 Å². The van der Waals surface area contributed by atoms with Crippen molar-refractivity contribution in [2.45, 2.75) is 57.4 Å². The molecule has 1 saturated heterocycles. The summed E-state index contributed by atoms with van der Waals surface area (Å²) in [6.45, 7) is 3.45. The highest BCUT2D eigenvalue weighted by atomic mass is 16.7. The summed E-state index contributed by atoms with van der Waals surface area (Å²) in [7, 11) is 0. The molecule has 1 aliphatic heterocycles. The van der Waals surface area contributed by atoms with E-state index in [-0.39, 0.29) is 44.1 Å². The number of hydrogen-bond acceptors (Lipinski definition) is 12. The molecule has 16 nitrogen and oxygen atoms in total. The van der Waals surface area contributed by atoms with Gasteiger partial charge in [-0.1, -0.05) is 105 Å². The lowest BCUT2D eigenvalue weighted by Crippen LogP contribution is -2.66. The van der Waals surface area contributed by atoms with Crippen LogP contribution in [0.1, 0.15) is 70.5 Å². The van der Waals surface area contributed by atoms with E-state index in [0.717, 1.165) is 16.8 Å². The molecule has 2 heterocycles. The number of primary amides is 1. The molecular formula is C38H40N6O10. The number of ether oxygens (including phenoxy) is 2. The number of hydrazine groups is 1. The van der Waals surface area contributed by atoms with E-state index < -0.39 is 59.2 Å². The van der Waals surface area contributed by atoms with Gasteiger partial charge in [0.15, 0.2) is 11.8 Å². The highest BCUT2D eigenvalue weighted by Crippen LogP contribution is 2.44. The number of carbonyl (C=O) groups is 6. The zero-order valence-electron chi connectivity index (χ0n) is 29.6. The van der Waals surface area contributed by atoms with Crippen LogP contribution in [0, 0.1) is 5.92 Å². The van der Waals surface area contributed by atoms with Gasteiger partial charge in [0, 0.05) is 19.0 Å². The van der Waals surface area contributed by atoms with Crippen LogP contribution in [-0.2, 0) is 37.1 Å². The molecule has 4 amide bonds. The van der Waals surface area contributed by atoms with Crippen molar-refractivity contribution in [3.05, 3.63) is 126 Å². The number of aromatic nitrogens is 1. The number of ketones is 1. The number of oxazole rings is 1. The number of amides is 4. The first-order valence-corrected chi connectivity index (χ1v) is 17.1. The van der Waals surface area contributed by atoms with E-state index >= 15 is 0 Å².